The summed E-state index contributed by atoms with van der Waals surface area (Å²) in [5.74, 6) is -3.53. The number of rotatable bonds is 6. The number of phenolic OH excluding ortho intramolecular Hbond substituents is 1. The zero-order valence-electron chi connectivity index (χ0n) is 23.9. The van der Waals surface area contributed by atoms with Crippen molar-refractivity contribution in [1.29, 1.82) is 0 Å². The van der Waals surface area contributed by atoms with Crippen molar-refractivity contribution < 1.29 is 52.7 Å². The molecule has 0 saturated carbocycles. The zero-order chi connectivity index (χ0) is 30.3. The predicted molar refractivity (Wildman–Crippen MR) is 144 cm³/mol. The van der Waals surface area contributed by atoms with Gasteiger partial charge in [-0.25, -0.2) is 4.79 Å². The van der Waals surface area contributed by atoms with Crippen molar-refractivity contribution in [2.45, 2.75) is 70.4 Å². The van der Waals surface area contributed by atoms with Crippen LogP contribution in [0.2, 0.25) is 0 Å². The first-order valence-electron chi connectivity index (χ1n) is 13.6. The van der Waals surface area contributed by atoms with E-state index in [1.54, 1.807) is 6.07 Å². The Labute approximate surface area is 242 Å². The number of carbonyl (C=O) groups is 4. The van der Waals surface area contributed by atoms with Crippen LogP contribution in [0.25, 0.3) is 11.1 Å². The molecule has 0 bridgehead atoms. The van der Waals surface area contributed by atoms with Gasteiger partial charge in [0.25, 0.3) is 0 Å². The van der Waals surface area contributed by atoms with E-state index < -0.39 is 54.6 Å². The zero-order valence-corrected chi connectivity index (χ0v) is 23.9. The molecule has 5 rings (SSSR count). The monoisotopic (exact) mass is 583 g/mol. The van der Waals surface area contributed by atoms with Crippen molar-refractivity contribution in [3.63, 3.8) is 0 Å². The molecule has 2 aliphatic heterocycles. The largest absolute Gasteiger partial charge is 0.504 e. The lowest BCUT2D eigenvalue weighted by molar-refractivity contribution is -0.282. The van der Waals surface area contributed by atoms with Crippen LogP contribution in [0, 0.1) is 0 Å². The second-order valence-electron chi connectivity index (χ2n) is 10.6. The van der Waals surface area contributed by atoms with Crippen molar-refractivity contribution in [3.8, 4) is 22.6 Å². The molecule has 6 atom stereocenters. The Balaban J connectivity index is 1.56. The maximum absolute atomic E-state index is 12.7. The molecule has 3 aliphatic rings. The molecule has 2 aromatic carbocycles. The van der Waals surface area contributed by atoms with Crippen molar-refractivity contribution in [1.82, 2.24) is 4.90 Å². The van der Waals surface area contributed by atoms with E-state index in [1.807, 2.05) is 18.2 Å². The number of methoxy groups -OCH3 is 1. The maximum atomic E-state index is 12.7. The Hall–Kier alpha value is -4.16. The van der Waals surface area contributed by atoms with E-state index in [1.165, 1.54) is 5.56 Å². The molecule has 0 radical (unpaired) electrons. The minimum absolute atomic E-state index is 0.0211. The van der Waals surface area contributed by atoms with Gasteiger partial charge in [-0.1, -0.05) is 24.3 Å². The molecule has 1 aliphatic carbocycles. The summed E-state index contributed by atoms with van der Waals surface area (Å²) in [5.41, 5.74) is 4.79. The van der Waals surface area contributed by atoms with Crippen molar-refractivity contribution in [2.24, 2.45) is 0 Å². The fourth-order valence-corrected chi connectivity index (χ4v) is 6.06. The lowest BCUT2D eigenvalue weighted by Crippen LogP contribution is -2.64. The number of hydrogen-bond acceptors (Lipinski definition) is 12. The third-order valence-electron chi connectivity index (χ3n) is 7.78. The predicted octanol–water partition coefficient (Wildman–Crippen LogP) is 2.22. The Morgan fingerprint density at radius 1 is 0.905 bits per heavy atom. The SMILES string of the molecule is COC(=O)[C@H]1O[C@@H](Oc2ccc3c(c2O)-c2cccc4c2C(C3)N(C)CC4)[C@H](OC(C)=O)[C@@H](OC(C)=O)[C@@H]1OC(C)=O. The lowest BCUT2D eigenvalue weighted by atomic mass is 9.77. The fraction of sp³-hybridized carbons (Fsp3) is 0.467. The molecule has 1 saturated heterocycles. The molecule has 0 amide bonds. The topological polar surface area (TPSA) is 147 Å². The highest BCUT2D eigenvalue weighted by molar-refractivity contribution is 5.82. The Morgan fingerprint density at radius 2 is 1.57 bits per heavy atom. The number of fused-ring (bicyclic) bond motifs is 2. The van der Waals surface area contributed by atoms with Crippen LogP contribution in [0.1, 0.15) is 43.5 Å². The van der Waals surface area contributed by atoms with Gasteiger partial charge in [-0.05, 0) is 48.2 Å². The second kappa shape index (κ2) is 11.6. The van der Waals surface area contributed by atoms with Gasteiger partial charge in [0, 0.05) is 38.9 Å². The quantitative estimate of drug-likeness (QED) is 0.393. The molecule has 0 aromatic heterocycles. The minimum atomic E-state index is -1.61. The third-order valence-corrected chi connectivity index (χ3v) is 7.78. The first-order chi connectivity index (χ1) is 20.0. The highest BCUT2D eigenvalue weighted by Crippen LogP contribution is 2.50. The average Bonchev–Trinajstić information content (AvgIpc) is 2.93. The number of phenols is 1. The van der Waals surface area contributed by atoms with Crippen LogP contribution in [0.5, 0.6) is 11.5 Å². The molecule has 12 nitrogen and oxygen atoms in total. The standard InChI is InChI=1S/C30H33NO11/c1-14(32)38-25-26(39-15(2)33)28(40-16(3)34)30(42-27(25)29(36)37-5)41-21-10-9-18-13-20-22-17(11-12-31(20)4)7-6-8-19(22)23(18)24(21)35/h6-10,20,25-28,30,35H,11-13H2,1-5H3/t20?,25-,26-,27-,28+,30+/m0/s1. The summed E-state index contributed by atoms with van der Waals surface area (Å²) in [7, 11) is 3.19. The Kier molecular flexibility index (Phi) is 8.11. The first-order valence-corrected chi connectivity index (χ1v) is 13.6. The molecule has 1 fully saturated rings. The van der Waals surface area contributed by atoms with Gasteiger partial charge in [-0.3, -0.25) is 19.3 Å². The molecular weight excluding hydrogens is 550 g/mol. The van der Waals surface area contributed by atoms with Crippen LogP contribution < -0.4 is 4.74 Å². The summed E-state index contributed by atoms with van der Waals surface area (Å²) in [6.07, 6.45) is -6.14. The summed E-state index contributed by atoms with van der Waals surface area (Å²) >= 11 is 0. The smallest absolute Gasteiger partial charge is 0.339 e. The van der Waals surface area contributed by atoms with Gasteiger partial charge in [0.2, 0.25) is 12.4 Å². The Bertz CT molecular complexity index is 1420. The van der Waals surface area contributed by atoms with E-state index in [0.29, 0.717) is 12.0 Å². The van der Waals surface area contributed by atoms with Crippen molar-refractivity contribution >= 4 is 23.9 Å². The number of nitrogens with zero attached hydrogens (tertiary/aromatic N) is 1. The third kappa shape index (κ3) is 5.39. The van der Waals surface area contributed by atoms with Gasteiger partial charge in [0.1, 0.15) is 0 Å². The average molecular weight is 584 g/mol. The van der Waals surface area contributed by atoms with E-state index >= 15 is 0 Å². The van der Waals surface area contributed by atoms with Crippen molar-refractivity contribution in [3.05, 3.63) is 47.0 Å². The lowest BCUT2D eigenvalue weighted by Gasteiger charge is -2.43. The molecule has 0 spiro atoms. The minimum Gasteiger partial charge on any atom is -0.504 e. The number of likely N-dealkylation sites (N-methyl/N-ethyl adjacent to an activating group) is 1. The van der Waals surface area contributed by atoms with Crippen molar-refractivity contribution in [2.75, 3.05) is 20.7 Å². The first kappa shape index (κ1) is 29.3. The number of hydrogen-bond donors (Lipinski definition) is 1. The van der Waals surface area contributed by atoms with Crippen LogP contribution in [0.15, 0.2) is 30.3 Å². The number of esters is 4. The number of carbonyl (C=O) groups excluding carboxylic acids is 4. The summed E-state index contributed by atoms with van der Waals surface area (Å²) in [4.78, 5) is 51.2. The number of ether oxygens (including phenoxy) is 6. The summed E-state index contributed by atoms with van der Waals surface area (Å²) in [5, 5.41) is 11.6. The highest BCUT2D eigenvalue weighted by Gasteiger charge is 2.56. The molecular formula is C30H33NO11. The fourth-order valence-electron chi connectivity index (χ4n) is 6.06. The van der Waals surface area contributed by atoms with Crippen LogP contribution in [0.4, 0.5) is 0 Å². The van der Waals surface area contributed by atoms with Gasteiger partial charge in [0.05, 0.1) is 7.11 Å². The second-order valence-corrected chi connectivity index (χ2v) is 10.6. The van der Waals surface area contributed by atoms with Crippen LogP contribution in [0.3, 0.4) is 0 Å². The molecule has 12 heteroatoms. The number of aromatic hydroxyl groups is 1. The van der Waals surface area contributed by atoms with E-state index in [4.69, 9.17) is 28.4 Å². The normalized spacial score (nSPS) is 26.2. The molecule has 2 heterocycles. The van der Waals surface area contributed by atoms with Gasteiger partial charge in [0.15, 0.2) is 29.8 Å². The number of benzene rings is 2. The van der Waals surface area contributed by atoms with Gasteiger partial charge in [-0.15, -0.1) is 0 Å². The van der Waals surface area contributed by atoms with E-state index in [2.05, 4.69) is 18.0 Å². The van der Waals surface area contributed by atoms with Crippen LogP contribution >= 0.6 is 0 Å². The van der Waals surface area contributed by atoms with E-state index in [0.717, 1.165) is 57.5 Å². The van der Waals surface area contributed by atoms with E-state index in [-0.39, 0.29) is 17.5 Å². The maximum Gasteiger partial charge on any atom is 0.339 e. The van der Waals surface area contributed by atoms with Crippen LogP contribution in [-0.2, 0) is 55.7 Å². The summed E-state index contributed by atoms with van der Waals surface area (Å²) in [6.45, 7) is 4.25. The Morgan fingerprint density at radius 3 is 2.24 bits per heavy atom. The molecule has 224 valence electrons. The molecule has 1 N–H and O–H groups in total. The van der Waals surface area contributed by atoms with Gasteiger partial charge < -0.3 is 33.5 Å². The van der Waals surface area contributed by atoms with Gasteiger partial charge >= 0.3 is 23.9 Å². The van der Waals surface area contributed by atoms with Crippen LogP contribution in [-0.4, -0.2) is 85.3 Å². The van der Waals surface area contributed by atoms with Gasteiger partial charge in [-0.2, -0.15) is 0 Å². The summed E-state index contributed by atoms with van der Waals surface area (Å²) < 4.78 is 32.9. The molecule has 2 aromatic rings. The molecule has 42 heavy (non-hydrogen) atoms. The molecule has 1 unspecified atom stereocenters. The highest BCUT2D eigenvalue weighted by atomic mass is 16.7. The summed E-state index contributed by atoms with van der Waals surface area (Å²) in [6, 6.07) is 9.59. The van der Waals surface area contributed by atoms with E-state index in [9.17, 15) is 24.3 Å².